The fourth-order valence-electron chi connectivity index (χ4n) is 2.32. The van der Waals surface area contributed by atoms with Gasteiger partial charge in [0, 0.05) is 31.9 Å². The van der Waals surface area contributed by atoms with Crippen LogP contribution in [0.2, 0.25) is 0 Å². The van der Waals surface area contributed by atoms with Gasteiger partial charge in [0.05, 0.1) is 0 Å². The van der Waals surface area contributed by atoms with Crippen LogP contribution in [0.25, 0.3) is 0 Å². The number of para-hydroxylation sites is 2. The van der Waals surface area contributed by atoms with Crippen LogP contribution in [-0.4, -0.2) is 11.5 Å². The Hall–Kier alpha value is -3.33. The van der Waals surface area contributed by atoms with Crippen LogP contribution in [0.3, 0.4) is 0 Å². The Kier molecular flexibility index (Phi) is 12.4. The Bertz CT molecular complexity index is 1160. The van der Waals surface area contributed by atoms with E-state index in [0.717, 1.165) is 14.6 Å². The maximum absolute atomic E-state index is 11.5. The van der Waals surface area contributed by atoms with Crippen LogP contribution in [0, 0.1) is 0 Å². The van der Waals surface area contributed by atoms with Crippen LogP contribution < -0.4 is 20.5 Å². The first-order valence-corrected chi connectivity index (χ1v) is 12.0. The lowest BCUT2D eigenvalue weighted by atomic mass is 10.3. The number of carbonyl (C=O) groups excluding carboxylic acids is 2. The second kappa shape index (κ2) is 15.5. The third kappa shape index (κ3) is 12.6. The van der Waals surface area contributed by atoms with Gasteiger partial charge in [-0.1, -0.05) is 68.3 Å². The van der Waals surface area contributed by atoms with Crippen molar-refractivity contribution in [2.24, 2.45) is 0 Å². The average Bonchev–Trinajstić information content (AvgIpc) is 2.84. The summed E-state index contributed by atoms with van der Waals surface area (Å²) in [5.41, 5.74) is 6.08. The number of benzene rings is 4. The highest BCUT2D eigenvalue weighted by atomic mass is 79.9. The first-order chi connectivity index (χ1) is 16.8. The van der Waals surface area contributed by atoms with E-state index >= 15 is 0 Å². The van der Waals surface area contributed by atoms with E-state index in [2.05, 4.69) is 41.9 Å². The van der Waals surface area contributed by atoms with Gasteiger partial charge in [0.25, 0.3) is 0 Å². The molecule has 0 bridgehead atoms. The molecule has 0 fully saturated rings. The minimum Gasteiger partial charge on any atom is -0.415 e. The Morgan fingerprint density at radius 3 is 1.51 bits per heavy atom. The summed E-state index contributed by atoms with van der Waals surface area (Å²) in [7, 11) is 0. The summed E-state index contributed by atoms with van der Waals surface area (Å²) in [6.07, 6.45) is -0.501. The maximum atomic E-state index is 11.5. The molecule has 0 spiro atoms. The quantitative estimate of drug-likeness (QED) is 0.177. The molecule has 4 rings (SSSR count). The van der Waals surface area contributed by atoms with Crippen molar-refractivity contribution in [3.8, 4) is 11.5 Å². The van der Waals surface area contributed by atoms with Crippen LogP contribution >= 0.6 is 43.5 Å². The Morgan fingerprint density at radius 1 is 0.657 bits per heavy atom. The predicted octanol–water partition coefficient (Wildman–Crippen LogP) is 8.52. The Balaban J connectivity index is 0.000000204. The van der Waals surface area contributed by atoms with Crippen LogP contribution in [0.1, 0.15) is 0 Å². The van der Waals surface area contributed by atoms with Crippen molar-refractivity contribution in [1.29, 1.82) is 0 Å². The van der Waals surface area contributed by atoms with Crippen molar-refractivity contribution >= 4 is 66.4 Å². The third-order valence-electron chi connectivity index (χ3n) is 3.86. The van der Waals surface area contributed by atoms with Crippen LogP contribution in [-0.2, 0) is 0 Å². The molecule has 0 radical (unpaired) electrons. The largest absolute Gasteiger partial charge is 0.417 e. The van der Waals surface area contributed by atoms with Crippen molar-refractivity contribution in [3.63, 3.8) is 0 Å². The van der Waals surface area contributed by atoms with Gasteiger partial charge >= 0.3 is 11.5 Å². The molecule has 0 aliphatic heterocycles. The molecule has 6 nitrogen and oxygen atoms in total. The fraction of sp³-hybridized carbons (Fsp3) is 0. The van der Waals surface area contributed by atoms with Gasteiger partial charge in [-0.25, -0.2) is 9.59 Å². The summed E-state index contributed by atoms with van der Waals surface area (Å²) in [4.78, 5) is 21.7. The molecule has 9 heteroatoms. The number of hydrogen-bond acceptors (Lipinski definition) is 5. The molecule has 0 saturated heterocycles. The molecule has 0 saturated carbocycles. The molecule has 3 N–H and O–H groups in total. The Labute approximate surface area is 225 Å². The van der Waals surface area contributed by atoms with Crippen molar-refractivity contribution in [2.45, 2.75) is 0 Å². The third-order valence-corrected chi connectivity index (χ3v) is 4.99. The monoisotopic (exact) mass is 618 g/mol. The summed E-state index contributed by atoms with van der Waals surface area (Å²) < 4.78 is 11.6. The second-order valence-corrected chi connectivity index (χ2v) is 8.68. The number of halogens is 3. The molecular formula is C26H21Br2ClN2O4. The zero-order valence-electron chi connectivity index (χ0n) is 18.2. The number of rotatable bonds is 3. The van der Waals surface area contributed by atoms with Gasteiger partial charge in [-0.05, 0) is 72.8 Å². The van der Waals surface area contributed by atoms with E-state index in [0.29, 0.717) is 17.2 Å². The van der Waals surface area contributed by atoms with Gasteiger partial charge in [-0.15, -0.1) is 0 Å². The lowest BCUT2D eigenvalue weighted by Gasteiger charge is -2.06. The molecule has 0 atom stereocenters. The number of ether oxygens (including phenoxy) is 2. The zero-order valence-corrected chi connectivity index (χ0v) is 22.2. The molecule has 4 aromatic rings. The number of nitrogens with two attached hydrogens (primary N) is 1. The molecule has 0 aliphatic carbocycles. The molecule has 0 aromatic heterocycles. The number of carbonyl (C=O) groups is 2. The first-order valence-electron chi connectivity index (χ1n) is 10.0. The second-order valence-electron chi connectivity index (χ2n) is 6.54. The predicted molar refractivity (Wildman–Crippen MR) is 147 cm³/mol. The van der Waals surface area contributed by atoms with Gasteiger partial charge in [0.1, 0.15) is 11.5 Å². The van der Waals surface area contributed by atoms with Crippen molar-refractivity contribution in [3.05, 3.63) is 118 Å². The molecule has 0 aliphatic rings. The highest BCUT2D eigenvalue weighted by Crippen LogP contribution is 2.15. The molecule has 4 aromatic carbocycles. The highest BCUT2D eigenvalue weighted by Gasteiger charge is 2.04. The molecule has 180 valence electrons. The van der Waals surface area contributed by atoms with E-state index in [9.17, 15) is 9.59 Å². The van der Waals surface area contributed by atoms with E-state index in [-0.39, 0.29) is 0 Å². The summed E-state index contributed by atoms with van der Waals surface area (Å²) in [5, 5.41) is 2.64. The summed E-state index contributed by atoms with van der Waals surface area (Å²) in [6, 6.07) is 32.4. The number of amides is 1. The topological polar surface area (TPSA) is 90.7 Å². The molecule has 0 heterocycles. The lowest BCUT2D eigenvalue weighted by molar-refractivity contribution is 0.215. The van der Waals surface area contributed by atoms with E-state index in [1.165, 1.54) is 0 Å². The van der Waals surface area contributed by atoms with Crippen molar-refractivity contribution < 1.29 is 19.1 Å². The number of nitrogen functional groups attached to an aromatic ring is 1. The Morgan fingerprint density at radius 2 is 1.09 bits per heavy atom. The lowest BCUT2D eigenvalue weighted by Crippen LogP contribution is -2.16. The molecule has 0 unspecified atom stereocenters. The summed E-state index contributed by atoms with van der Waals surface area (Å²) >= 11 is 11.6. The molecule has 35 heavy (non-hydrogen) atoms. The number of hydrogen-bond donors (Lipinski definition) is 2. The summed E-state index contributed by atoms with van der Waals surface area (Å²) in [5.74, 6) is 0.976. The standard InChI is InChI=1S/C13H10BrNO2.C7H5ClO2.C6H6BrN/c14-10-6-8-11(9-7-10)15-13(16)17-12-4-2-1-3-5-12;8-7(9)10-6-4-2-1-3-5-6;7-5-1-3-6(8)4-2-5/h1-9H,(H,15,16);1-5H;1-4H,8H2. The van der Waals surface area contributed by atoms with E-state index < -0.39 is 11.5 Å². The summed E-state index contributed by atoms with van der Waals surface area (Å²) in [6.45, 7) is 0. The normalized spacial score (nSPS) is 9.34. The SMILES string of the molecule is Nc1ccc(Br)cc1.O=C(Cl)Oc1ccccc1.O=C(Nc1ccc(Br)cc1)Oc1ccccc1. The minimum absolute atomic E-state index is 0.461. The number of anilines is 2. The smallest absolute Gasteiger partial charge is 0.415 e. The van der Waals surface area contributed by atoms with Crippen LogP contribution in [0.5, 0.6) is 11.5 Å². The van der Waals surface area contributed by atoms with Gasteiger partial charge in [-0.3, -0.25) is 5.32 Å². The van der Waals surface area contributed by atoms with E-state index in [4.69, 9.17) is 22.1 Å². The molecule has 1 amide bonds. The number of nitrogens with one attached hydrogen (secondary N) is 1. The minimum atomic E-state index is -0.814. The van der Waals surface area contributed by atoms with Gasteiger partial charge in [0.15, 0.2) is 0 Å². The van der Waals surface area contributed by atoms with Gasteiger partial charge in [0.2, 0.25) is 0 Å². The van der Waals surface area contributed by atoms with E-state index in [1.807, 2.05) is 60.7 Å². The van der Waals surface area contributed by atoms with Gasteiger partial charge < -0.3 is 15.2 Å². The highest BCUT2D eigenvalue weighted by molar-refractivity contribution is 9.10. The maximum Gasteiger partial charge on any atom is 0.417 e. The first kappa shape index (κ1) is 27.9. The van der Waals surface area contributed by atoms with Crippen LogP contribution in [0.15, 0.2) is 118 Å². The average molecular weight is 621 g/mol. The fourth-order valence-corrected chi connectivity index (χ4v) is 2.93. The van der Waals surface area contributed by atoms with Crippen LogP contribution in [0.4, 0.5) is 21.0 Å². The molecular weight excluding hydrogens is 600 g/mol. The van der Waals surface area contributed by atoms with Crippen molar-refractivity contribution in [1.82, 2.24) is 0 Å². The van der Waals surface area contributed by atoms with E-state index in [1.54, 1.807) is 48.5 Å². The zero-order chi connectivity index (χ0) is 25.5. The van der Waals surface area contributed by atoms with Gasteiger partial charge in [-0.2, -0.15) is 0 Å². The van der Waals surface area contributed by atoms with Crippen molar-refractivity contribution in [2.75, 3.05) is 11.1 Å².